The Hall–Kier alpha value is -2.22. The summed E-state index contributed by atoms with van der Waals surface area (Å²) >= 11 is 0. The van der Waals surface area contributed by atoms with Crippen LogP contribution in [-0.2, 0) is 0 Å². The lowest BCUT2D eigenvalue weighted by molar-refractivity contribution is 0.101. The van der Waals surface area contributed by atoms with E-state index in [1.165, 1.54) is 5.56 Å². The molecular formula is C18H19NO. The quantitative estimate of drug-likeness (QED) is 0.578. The Morgan fingerprint density at radius 3 is 2.10 bits per heavy atom. The van der Waals surface area contributed by atoms with Crippen LogP contribution in [0.3, 0.4) is 0 Å². The zero-order chi connectivity index (χ0) is 14.5. The summed E-state index contributed by atoms with van der Waals surface area (Å²) in [5, 5.41) is 0. The van der Waals surface area contributed by atoms with Gasteiger partial charge >= 0.3 is 0 Å². The average Bonchev–Trinajstić information content (AvgIpc) is 2.46. The maximum atomic E-state index is 11.2. The lowest BCUT2D eigenvalue weighted by Crippen LogP contribution is -1.90. The maximum Gasteiger partial charge on any atom is 0.159 e. The molecule has 0 radical (unpaired) electrons. The molecule has 0 saturated carbocycles. The molecule has 0 bridgehead atoms. The highest BCUT2D eigenvalue weighted by Crippen LogP contribution is 2.16. The first-order chi connectivity index (χ1) is 9.56. The van der Waals surface area contributed by atoms with Crippen LogP contribution in [0.4, 0.5) is 5.69 Å². The van der Waals surface area contributed by atoms with Gasteiger partial charge in [0.15, 0.2) is 5.78 Å². The van der Waals surface area contributed by atoms with E-state index in [1.54, 1.807) is 19.1 Å². The number of aliphatic imine (C=N–C) groups is 1. The van der Waals surface area contributed by atoms with E-state index in [4.69, 9.17) is 0 Å². The van der Waals surface area contributed by atoms with Gasteiger partial charge in [-0.15, -0.1) is 0 Å². The minimum atomic E-state index is 0.0739. The van der Waals surface area contributed by atoms with Crippen molar-refractivity contribution in [3.63, 3.8) is 0 Å². The van der Waals surface area contributed by atoms with Crippen LogP contribution < -0.4 is 0 Å². The Kier molecular flexibility index (Phi) is 4.46. The van der Waals surface area contributed by atoms with Crippen molar-refractivity contribution in [3.8, 4) is 0 Å². The van der Waals surface area contributed by atoms with Gasteiger partial charge in [0, 0.05) is 11.8 Å². The number of hydrogen-bond acceptors (Lipinski definition) is 2. The Bertz CT molecular complexity index is 607. The van der Waals surface area contributed by atoms with Gasteiger partial charge in [0.25, 0.3) is 0 Å². The number of Topliss-reactive ketones (excluding diaryl/α,β-unsaturated/α-hetero) is 1. The van der Waals surface area contributed by atoms with Crippen LogP contribution in [0.25, 0.3) is 0 Å². The van der Waals surface area contributed by atoms with Crippen LogP contribution >= 0.6 is 0 Å². The first-order valence-corrected chi connectivity index (χ1v) is 6.81. The molecule has 0 aliphatic carbocycles. The molecule has 0 N–H and O–H groups in total. The van der Waals surface area contributed by atoms with Crippen molar-refractivity contribution in [2.75, 3.05) is 0 Å². The van der Waals surface area contributed by atoms with E-state index in [1.807, 2.05) is 18.3 Å². The molecule has 2 nitrogen and oxygen atoms in total. The molecule has 0 aliphatic heterocycles. The van der Waals surface area contributed by atoms with E-state index in [2.05, 4.69) is 43.1 Å². The van der Waals surface area contributed by atoms with E-state index in [0.29, 0.717) is 11.5 Å². The van der Waals surface area contributed by atoms with Gasteiger partial charge in [-0.05, 0) is 48.2 Å². The van der Waals surface area contributed by atoms with Crippen LogP contribution in [0.1, 0.15) is 48.2 Å². The third kappa shape index (κ3) is 3.64. The molecule has 2 aromatic carbocycles. The Balaban J connectivity index is 2.10. The highest BCUT2D eigenvalue weighted by Gasteiger charge is 1.99. The second-order valence-corrected chi connectivity index (χ2v) is 5.18. The zero-order valence-electron chi connectivity index (χ0n) is 12.1. The molecule has 0 aliphatic rings. The Labute approximate surface area is 120 Å². The predicted octanol–water partition coefficient (Wildman–Crippen LogP) is 4.76. The Morgan fingerprint density at radius 2 is 1.60 bits per heavy atom. The highest BCUT2D eigenvalue weighted by atomic mass is 16.1. The number of carbonyl (C=O) groups excluding carboxylic acids is 1. The van der Waals surface area contributed by atoms with E-state index in [0.717, 1.165) is 11.3 Å². The lowest BCUT2D eigenvalue weighted by Gasteiger charge is -2.04. The van der Waals surface area contributed by atoms with Crippen molar-refractivity contribution in [1.29, 1.82) is 0 Å². The van der Waals surface area contributed by atoms with Gasteiger partial charge in [-0.1, -0.05) is 38.1 Å². The maximum absolute atomic E-state index is 11.2. The van der Waals surface area contributed by atoms with Crippen LogP contribution in [0.15, 0.2) is 53.5 Å². The summed E-state index contributed by atoms with van der Waals surface area (Å²) in [5.74, 6) is 0.616. The smallest absolute Gasteiger partial charge is 0.159 e. The third-order valence-corrected chi connectivity index (χ3v) is 3.24. The zero-order valence-corrected chi connectivity index (χ0v) is 12.1. The van der Waals surface area contributed by atoms with Crippen LogP contribution in [0.2, 0.25) is 0 Å². The van der Waals surface area contributed by atoms with Crippen molar-refractivity contribution in [2.24, 2.45) is 4.99 Å². The fraction of sp³-hybridized carbons (Fsp3) is 0.222. The van der Waals surface area contributed by atoms with Gasteiger partial charge in [0.05, 0.1) is 5.69 Å². The molecule has 20 heavy (non-hydrogen) atoms. The molecule has 2 aromatic rings. The molecular weight excluding hydrogens is 246 g/mol. The van der Waals surface area contributed by atoms with Crippen molar-refractivity contribution in [3.05, 3.63) is 65.2 Å². The van der Waals surface area contributed by atoms with Crippen molar-refractivity contribution in [2.45, 2.75) is 26.7 Å². The lowest BCUT2D eigenvalue weighted by atomic mass is 10.0. The van der Waals surface area contributed by atoms with E-state index in [9.17, 15) is 4.79 Å². The average molecular weight is 265 g/mol. The van der Waals surface area contributed by atoms with E-state index < -0.39 is 0 Å². The van der Waals surface area contributed by atoms with Crippen LogP contribution in [-0.4, -0.2) is 12.0 Å². The molecule has 0 aromatic heterocycles. The second kappa shape index (κ2) is 6.29. The molecule has 0 unspecified atom stereocenters. The molecule has 0 atom stereocenters. The van der Waals surface area contributed by atoms with Crippen LogP contribution in [0, 0.1) is 0 Å². The van der Waals surface area contributed by atoms with Gasteiger partial charge in [0.2, 0.25) is 0 Å². The summed E-state index contributed by atoms with van der Waals surface area (Å²) in [6.07, 6.45) is 1.84. The first kappa shape index (κ1) is 14.2. The largest absolute Gasteiger partial charge is 0.295 e. The molecule has 0 fully saturated rings. The van der Waals surface area contributed by atoms with Gasteiger partial charge in [-0.2, -0.15) is 0 Å². The first-order valence-electron chi connectivity index (χ1n) is 6.81. The molecule has 2 rings (SSSR count). The van der Waals surface area contributed by atoms with Gasteiger partial charge in [-0.3, -0.25) is 9.79 Å². The SMILES string of the molecule is CC(=O)c1ccc(N=Cc2ccc(C(C)C)cc2)cc1. The number of carbonyl (C=O) groups is 1. The topological polar surface area (TPSA) is 29.4 Å². The fourth-order valence-electron chi connectivity index (χ4n) is 1.90. The minimum Gasteiger partial charge on any atom is -0.295 e. The molecule has 0 heterocycles. The van der Waals surface area contributed by atoms with Gasteiger partial charge in [0.1, 0.15) is 0 Å². The van der Waals surface area contributed by atoms with Crippen molar-refractivity contribution in [1.82, 2.24) is 0 Å². The van der Waals surface area contributed by atoms with Gasteiger partial charge < -0.3 is 0 Å². The molecule has 102 valence electrons. The number of rotatable bonds is 4. The second-order valence-electron chi connectivity index (χ2n) is 5.18. The standard InChI is InChI=1S/C18H19NO/c1-13(2)16-6-4-15(5-7-16)12-19-18-10-8-17(9-11-18)14(3)20/h4-13H,1-3H3. The fourth-order valence-corrected chi connectivity index (χ4v) is 1.90. The van der Waals surface area contributed by atoms with E-state index in [-0.39, 0.29) is 5.78 Å². The number of hydrogen-bond donors (Lipinski definition) is 0. The van der Waals surface area contributed by atoms with Gasteiger partial charge in [-0.25, -0.2) is 0 Å². The van der Waals surface area contributed by atoms with Crippen molar-refractivity contribution < 1.29 is 4.79 Å². The molecule has 2 heteroatoms. The third-order valence-electron chi connectivity index (χ3n) is 3.24. The predicted molar refractivity (Wildman–Crippen MR) is 84.2 cm³/mol. The van der Waals surface area contributed by atoms with Crippen LogP contribution in [0.5, 0.6) is 0 Å². The summed E-state index contributed by atoms with van der Waals surface area (Å²) < 4.78 is 0. The number of nitrogens with zero attached hydrogens (tertiary/aromatic N) is 1. The summed E-state index contributed by atoms with van der Waals surface area (Å²) in [6, 6.07) is 15.7. The minimum absolute atomic E-state index is 0.0739. The summed E-state index contributed by atoms with van der Waals surface area (Å²) in [5.41, 5.74) is 3.96. The summed E-state index contributed by atoms with van der Waals surface area (Å²) in [7, 11) is 0. The monoisotopic (exact) mass is 265 g/mol. The van der Waals surface area contributed by atoms with Crippen molar-refractivity contribution >= 4 is 17.7 Å². The molecule has 0 amide bonds. The Morgan fingerprint density at radius 1 is 1.00 bits per heavy atom. The molecule has 0 spiro atoms. The number of ketones is 1. The highest BCUT2D eigenvalue weighted by molar-refractivity contribution is 5.94. The number of benzene rings is 2. The van der Waals surface area contributed by atoms with E-state index >= 15 is 0 Å². The summed E-state index contributed by atoms with van der Waals surface area (Å²) in [6.45, 7) is 5.92. The normalized spacial score (nSPS) is 11.2. The molecule has 0 saturated heterocycles. The summed E-state index contributed by atoms with van der Waals surface area (Å²) in [4.78, 5) is 15.6.